The Balaban J connectivity index is 1.77. The van der Waals surface area contributed by atoms with Gasteiger partial charge in [0.2, 0.25) is 0 Å². The number of nitrogens with one attached hydrogen (secondary N) is 2. The SMILES string of the molecule is COc1cc(C=C2SC(=N)NC2=O)ccc1OCc1ccccc1. The first-order valence-electron chi connectivity index (χ1n) is 7.30. The molecule has 122 valence electrons. The summed E-state index contributed by atoms with van der Waals surface area (Å²) in [4.78, 5) is 12.2. The summed E-state index contributed by atoms with van der Waals surface area (Å²) >= 11 is 1.11. The van der Waals surface area contributed by atoms with Gasteiger partial charge in [-0.05, 0) is 41.1 Å². The second-order valence-electron chi connectivity index (χ2n) is 5.08. The average Bonchev–Trinajstić information content (AvgIpc) is 2.91. The van der Waals surface area contributed by atoms with Crippen molar-refractivity contribution in [3.8, 4) is 11.5 Å². The third-order valence-corrected chi connectivity index (χ3v) is 4.21. The molecule has 0 bridgehead atoms. The molecule has 1 fully saturated rings. The lowest BCUT2D eigenvalue weighted by atomic mass is 10.2. The Kier molecular flexibility index (Phi) is 4.86. The zero-order valence-corrected chi connectivity index (χ0v) is 13.9. The number of ether oxygens (including phenoxy) is 2. The van der Waals surface area contributed by atoms with Gasteiger partial charge in [-0.1, -0.05) is 36.4 Å². The van der Waals surface area contributed by atoms with E-state index in [1.54, 1.807) is 13.2 Å². The number of methoxy groups -OCH3 is 1. The molecule has 1 saturated heterocycles. The maximum absolute atomic E-state index is 11.7. The molecule has 2 N–H and O–H groups in total. The molecule has 0 spiro atoms. The van der Waals surface area contributed by atoms with E-state index in [1.807, 2.05) is 48.5 Å². The van der Waals surface area contributed by atoms with Gasteiger partial charge in [0.05, 0.1) is 12.0 Å². The van der Waals surface area contributed by atoms with Gasteiger partial charge in [-0.3, -0.25) is 10.2 Å². The summed E-state index contributed by atoms with van der Waals surface area (Å²) in [5, 5.41) is 10.1. The number of hydrogen-bond donors (Lipinski definition) is 2. The first-order chi connectivity index (χ1) is 11.7. The van der Waals surface area contributed by atoms with Crippen molar-refractivity contribution in [3.05, 3.63) is 64.6 Å². The van der Waals surface area contributed by atoms with Gasteiger partial charge in [0, 0.05) is 0 Å². The second kappa shape index (κ2) is 7.23. The fraction of sp³-hybridized carbons (Fsp3) is 0.111. The maximum atomic E-state index is 11.7. The zero-order valence-electron chi connectivity index (χ0n) is 13.0. The predicted molar refractivity (Wildman–Crippen MR) is 95.2 cm³/mol. The Labute approximate surface area is 144 Å². The van der Waals surface area contributed by atoms with E-state index >= 15 is 0 Å². The van der Waals surface area contributed by atoms with Crippen LogP contribution in [0.3, 0.4) is 0 Å². The minimum absolute atomic E-state index is 0.140. The standard InChI is InChI=1S/C18H16N2O3S/c1-22-15-9-13(10-16-17(21)20-18(19)24-16)7-8-14(15)23-11-12-5-3-2-4-6-12/h2-10H,11H2,1H3,(H2,19,20,21). The highest BCUT2D eigenvalue weighted by molar-refractivity contribution is 8.18. The van der Waals surface area contributed by atoms with E-state index in [-0.39, 0.29) is 11.1 Å². The number of amides is 1. The van der Waals surface area contributed by atoms with Gasteiger partial charge >= 0.3 is 0 Å². The van der Waals surface area contributed by atoms with Gasteiger partial charge in [0.1, 0.15) is 6.61 Å². The average molecular weight is 340 g/mol. The van der Waals surface area contributed by atoms with Crippen LogP contribution in [0.1, 0.15) is 11.1 Å². The summed E-state index contributed by atoms with van der Waals surface area (Å²) in [5.41, 5.74) is 1.88. The van der Waals surface area contributed by atoms with Crippen molar-refractivity contribution in [3.63, 3.8) is 0 Å². The molecule has 1 aliphatic heterocycles. The molecular formula is C18H16N2O3S. The zero-order chi connectivity index (χ0) is 16.9. The fourth-order valence-corrected chi connectivity index (χ4v) is 2.92. The molecule has 5 nitrogen and oxygen atoms in total. The highest BCUT2D eigenvalue weighted by Gasteiger charge is 2.22. The van der Waals surface area contributed by atoms with E-state index in [0.29, 0.717) is 23.0 Å². The number of rotatable bonds is 5. The number of amidine groups is 1. The first kappa shape index (κ1) is 16.1. The van der Waals surface area contributed by atoms with Gasteiger partial charge in [-0.2, -0.15) is 0 Å². The van der Waals surface area contributed by atoms with Crippen molar-refractivity contribution in [2.45, 2.75) is 6.61 Å². The molecule has 2 aromatic rings. The van der Waals surface area contributed by atoms with Crippen LogP contribution >= 0.6 is 11.8 Å². The largest absolute Gasteiger partial charge is 0.493 e. The van der Waals surface area contributed by atoms with Crippen LogP contribution in [-0.4, -0.2) is 18.2 Å². The number of carbonyl (C=O) groups excluding carboxylic acids is 1. The lowest BCUT2D eigenvalue weighted by Gasteiger charge is -2.11. The highest BCUT2D eigenvalue weighted by atomic mass is 32.2. The van der Waals surface area contributed by atoms with Crippen molar-refractivity contribution in [1.82, 2.24) is 5.32 Å². The Morgan fingerprint density at radius 2 is 1.96 bits per heavy atom. The van der Waals surface area contributed by atoms with Gasteiger partial charge < -0.3 is 14.8 Å². The maximum Gasteiger partial charge on any atom is 0.264 e. The van der Waals surface area contributed by atoms with Crippen LogP contribution < -0.4 is 14.8 Å². The van der Waals surface area contributed by atoms with Crippen LogP contribution in [0.2, 0.25) is 0 Å². The fourth-order valence-electron chi connectivity index (χ4n) is 2.22. The summed E-state index contributed by atoms with van der Waals surface area (Å²) in [6.07, 6.45) is 1.73. The molecular weight excluding hydrogens is 324 g/mol. The van der Waals surface area contributed by atoms with E-state index in [9.17, 15) is 4.79 Å². The van der Waals surface area contributed by atoms with Gasteiger partial charge in [-0.15, -0.1) is 0 Å². The smallest absolute Gasteiger partial charge is 0.264 e. The minimum Gasteiger partial charge on any atom is -0.493 e. The van der Waals surface area contributed by atoms with E-state index < -0.39 is 0 Å². The number of thioether (sulfide) groups is 1. The molecule has 1 heterocycles. The van der Waals surface area contributed by atoms with Crippen LogP contribution in [-0.2, 0) is 11.4 Å². The van der Waals surface area contributed by atoms with Crippen molar-refractivity contribution in [2.75, 3.05) is 7.11 Å². The number of carbonyl (C=O) groups is 1. The highest BCUT2D eigenvalue weighted by Crippen LogP contribution is 2.31. The molecule has 0 radical (unpaired) electrons. The molecule has 1 amide bonds. The van der Waals surface area contributed by atoms with Crippen LogP contribution in [0.25, 0.3) is 6.08 Å². The molecule has 0 aromatic heterocycles. The summed E-state index contributed by atoms with van der Waals surface area (Å²) in [7, 11) is 1.58. The lowest BCUT2D eigenvalue weighted by Crippen LogP contribution is -2.18. The summed E-state index contributed by atoms with van der Waals surface area (Å²) in [6.45, 7) is 0.451. The van der Waals surface area contributed by atoms with Crippen molar-refractivity contribution in [1.29, 1.82) is 5.41 Å². The topological polar surface area (TPSA) is 71.4 Å². The van der Waals surface area contributed by atoms with E-state index in [0.717, 1.165) is 22.9 Å². The molecule has 6 heteroatoms. The van der Waals surface area contributed by atoms with Gasteiger partial charge in [-0.25, -0.2) is 0 Å². The van der Waals surface area contributed by atoms with E-state index in [1.165, 1.54) is 0 Å². The number of benzene rings is 2. The Bertz CT molecular complexity index is 803. The van der Waals surface area contributed by atoms with Crippen molar-refractivity contribution in [2.24, 2.45) is 0 Å². The third-order valence-electron chi connectivity index (χ3n) is 3.39. The Hall–Kier alpha value is -2.73. The van der Waals surface area contributed by atoms with E-state index in [4.69, 9.17) is 14.9 Å². The molecule has 24 heavy (non-hydrogen) atoms. The second-order valence-corrected chi connectivity index (χ2v) is 6.13. The Morgan fingerprint density at radius 1 is 1.17 bits per heavy atom. The predicted octanol–water partition coefficient (Wildman–Crippen LogP) is 3.41. The summed E-state index contributed by atoms with van der Waals surface area (Å²) < 4.78 is 11.2. The van der Waals surface area contributed by atoms with Crippen LogP contribution in [0.5, 0.6) is 11.5 Å². The van der Waals surface area contributed by atoms with Gasteiger partial charge in [0.15, 0.2) is 16.7 Å². The lowest BCUT2D eigenvalue weighted by molar-refractivity contribution is -0.115. The summed E-state index contributed by atoms with van der Waals surface area (Å²) in [5.74, 6) is 0.979. The molecule has 0 saturated carbocycles. The summed E-state index contributed by atoms with van der Waals surface area (Å²) in [6, 6.07) is 15.4. The molecule has 2 aromatic carbocycles. The minimum atomic E-state index is -0.256. The van der Waals surface area contributed by atoms with Crippen molar-refractivity contribution < 1.29 is 14.3 Å². The number of hydrogen-bond acceptors (Lipinski definition) is 5. The van der Waals surface area contributed by atoms with Crippen LogP contribution in [0, 0.1) is 5.41 Å². The molecule has 0 unspecified atom stereocenters. The first-order valence-corrected chi connectivity index (χ1v) is 8.11. The van der Waals surface area contributed by atoms with E-state index in [2.05, 4.69) is 5.32 Å². The Morgan fingerprint density at radius 3 is 2.62 bits per heavy atom. The monoisotopic (exact) mass is 340 g/mol. The third kappa shape index (κ3) is 3.78. The van der Waals surface area contributed by atoms with Crippen LogP contribution in [0.15, 0.2) is 53.4 Å². The molecule has 0 aliphatic carbocycles. The normalized spacial score (nSPS) is 15.5. The molecule has 1 aliphatic rings. The molecule has 0 atom stereocenters. The molecule has 3 rings (SSSR count). The van der Waals surface area contributed by atoms with Crippen LogP contribution in [0.4, 0.5) is 0 Å². The van der Waals surface area contributed by atoms with Crippen molar-refractivity contribution >= 4 is 28.9 Å². The quantitative estimate of drug-likeness (QED) is 0.818. The van der Waals surface area contributed by atoms with Gasteiger partial charge in [0.25, 0.3) is 5.91 Å².